The molecule has 7 aromatic carbocycles. The van der Waals surface area contributed by atoms with Crippen LogP contribution < -0.4 is 21.9 Å². The van der Waals surface area contributed by atoms with Crippen molar-refractivity contribution in [3.63, 3.8) is 0 Å². The van der Waals surface area contributed by atoms with E-state index in [0.717, 1.165) is 33.9 Å². The summed E-state index contributed by atoms with van der Waals surface area (Å²) in [7, 11) is 0.0661. The Morgan fingerprint density at radius 1 is 0.360 bits per heavy atom. The zero-order valence-corrected chi connectivity index (χ0v) is 44.3. The van der Waals surface area contributed by atoms with Crippen LogP contribution in [0.15, 0.2) is 140 Å². The number of carbonyl (C=O) groups excluding carboxylic acids is 2. The number of alkyl halides is 24. The highest BCUT2D eigenvalue weighted by Crippen LogP contribution is 2.42. The van der Waals surface area contributed by atoms with Crippen molar-refractivity contribution < 1.29 is 115 Å². The number of aryl methyl sites for hydroxylation is 1. The molecule has 8 aromatic rings. The number of fused-ring (bicyclic) bond motifs is 3. The second-order valence-electron chi connectivity index (χ2n) is 19.7. The van der Waals surface area contributed by atoms with Crippen LogP contribution in [0.5, 0.6) is 0 Å². The Hall–Kier alpha value is -7.59. The van der Waals surface area contributed by atoms with Crippen molar-refractivity contribution in [3.05, 3.63) is 201 Å². The maximum Gasteiger partial charge on any atom is 0.416 e. The Balaban J connectivity index is 0.000000302. The van der Waals surface area contributed by atoms with Crippen LogP contribution in [0.3, 0.4) is 0 Å². The summed E-state index contributed by atoms with van der Waals surface area (Å²) >= 11 is 0. The van der Waals surface area contributed by atoms with Crippen LogP contribution in [0, 0.1) is 0 Å². The van der Waals surface area contributed by atoms with Gasteiger partial charge < -0.3 is 4.57 Å². The summed E-state index contributed by atoms with van der Waals surface area (Å²) in [6.07, 6.45) is -50.6. The summed E-state index contributed by atoms with van der Waals surface area (Å²) in [6, 6.07) is 12.4. The number of ketones is 2. The quantitative estimate of drug-likeness (QED) is 0.0592. The van der Waals surface area contributed by atoms with Crippen LogP contribution in [0.25, 0.3) is 21.8 Å². The van der Waals surface area contributed by atoms with Gasteiger partial charge in [-0.15, -0.1) is 0 Å². The molecule has 0 radical (unpaired) electrons. The molecule has 0 atom stereocenters. The van der Waals surface area contributed by atoms with Gasteiger partial charge in [-0.05, 0) is 78.5 Å². The number of aromatic nitrogens is 1. The van der Waals surface area contributed by atoms with Gasteiger partial charge in [-0.1, -0.05) is 78.9 Å². The standard InChI is InChI=1S/C32H12BF24.C25H24NO2S/c34-25(35,36)13-1-14(26(37,38)39)6-21(5-13)33(22-7-15(27(40,41)42)2-16(8-22)28(43,44)45,23-9-17(29(46,47)48)3-18(10-23)30(49,50)51)24-11-19(31(52,53)54)4-20(12-24)32(55,56)57;1-4-26-22-12-10-18(24(27)16-29(2)3)14-20(22)21-15-19(11-13-23(21)26)25(28)17-8-6-5-7-9-17/h1-12H;5-15H,4,16H2,1-3H3/q-1;+1. The van der Waals surface area contributed by atoms with Crippen LogP contribution >= 0.6 is 0 Å². The van der Waals surface area contributed by atoms with Gasteiger partial charge in [0.2, 0.25) is 5.78 Å². The van der Waals surface area contributed by atoms with Crippen molar-refractivity contribution in [3.8, 4) is 0 Å². The minimum atomic E-state index is -6.13. The molecule has 0 bridgehead atoms. The third-order valence-electron chi connectivity index (χ3n) is 13.7. The molecule has 1 aromatic heterocycles. The lowest BCUT2D eigenvalue weighted by atomic mass is 9.12. The molecule has 0 saturated carbocycles. The Bertz CT molecular complexity index is 3430. The molecule has 0 aliphatic rings. The molecule has 3 nitrogen and oxygen atoms in total. The monoisotopic (exact) mass is 1270 g/mol. The van der Waals surface area contributed by atoms with Gasteiger partial charge >= 0.3 is 49.4 Å². The lowest BCUT2D eigenvalue weighted by molar-refractivity contribution is -0.144. The number of rotatable bonds is 10. The van der Waals surface area contributed by atoms with E-state index in [4.69, 9.17) is 0 Å². The molecule has 1 heterocycles. The number of Topliss-reactive ketones (excluding diaryl/α,β-unsaturated/α-hetero) is 1. The molecule has 86 heavy (non-hydrogen) atoms. The SMILES string of the molecule is CCn1c2ccc(C(=O)C[S+](C)C)cc2c2cc(C(=O)c3ccccc3)ccc21.FC(F)(F)c1cc([B-](c2cc(C(F)(F)F)cc(C(F)(F)F)c2)(c2cc(C(F)(F)F)cc(C(F)(F)F)c2)c2cc(C(F)(F)F)cc(C(F)(F)F)c2)cc(C(F)(F)F)c1. The summed E-state index contributed by atoms with van der Waals surface area (Å²) < 4.78 is 343. The minimum Gasteiger partial charge on any atom is -0.341 e. The number of halogens is 24. The van der Waals surface area contributed by atoms with Gasteiger partial charge in [-0.2, -0.15) is 127 Å². The van der Waals surface area contributed by atoms with Crippen molar-refractivity contribution >= 4 is 72.3 Å². The highest BCUT2D eigenvalue weighted by atomic mass is 32.2. The van der Waals surface area contributed by atoms with Crippen LogP contribution in [0.2, 0.25) is 0 Å². The van der Waals surface area contributed by atoms with E-state index >= 15 is 0 Å². The molecule has 0 unspecified atom stereocenters. The molecule has 29 heteroatoms. The highest BCUT2D eigenvalue weighted by molar-refractivity contribution is 7.96. The summed E-state index contributed by atoms with van der Waals surface area (Å²) in [5.74, 6) is 0.752. The van der Waals surface area contributed by atoms with E-state index < -0.39 is 195 Å². The van der Waals surface area contributed by atoms with E-state index in [2.05, 4.69) is 24.0 Å². The Labute approximate surface area is 472 Å². The predicted octanol–water partition coefficient (Wildman–Crippen LogP) is 16.3. The van der Waals surface area contributed by atoms with Gasteiger partial charge in [0.15, 0.2) is 11.5 Å². The number of hydrogen-bond acceptors (Lipinski definition) is 2. The zero-order valence-electron chi connectivity index (χ0n) is 43.5. The van der Waals surface area contributed by atoms with Crippen LogP contribution in [0.4, 0.5) is 105 Å². The number of carbonyl (C=O) groups is 2. The summed E-state index contributed by atoms with van der Waals surface area (Å²) in [6.45, 7) is 2.94. The molecule has 0 N–H and O–H groups in total. The summed E-state index contributed by atoms with van der Waals surface area (Å²) in [4.78, 5) is 25.6. The molecular weight excluding hydrogens is 1230 g/mol. The van der Waals surface area contributed by atoms with Gasteiger partial charge in [0, 0.05) is 45.0 Å². The fourth-order valence-electron chi connectivity index (χ4n) is 9.93. The molecule has 0 saturated heterocycles. The van der Waals surface area contributed by atoms with Gasteiger partial charge in [0.25, 0.3) is 0 Å². The van der Waals surface area contributed by atoms with Crippen molar-refractivity contribution in [1.29, 1.82) is 0 Å². The first kappa shape index (κ1) is 65.9. The van der Waals surface area contributed by atoms with E-state index in [1.807, 2.05) is 66.7 Å². The summed E-state index contributed by atoms with van der Waals surface area (Å²) in [5.41, 5.74) is -25.9. The topological polar surface area (TPSA) is 39.1 Å². The molecule has 0 fully saturated rings. The van der Waals surface area contributed by atoms with E-state index in [-0.39, 0.29) is 22.5 Å². The fraction of sp³-hybridized carbons (Fsp3) is 0.228. The largest absolute Gasteiger partial charge is 0.416 e. The normalized spacial score (nSPS) is 13.3. The first-order chi connectivity index (χ1) is 39.3. The van der Waals surface area contributed by atoms with Crippen molar-refractivity contribution in [2.24, 2.45) is 0 Å². The van der Waals surface area contributed by atoms with Gasteiger partial charge in [-0.25, -0.2) is 0 Å². The maximum absolute atomic E-state index is 14.2. The smallest absolute Gasteiger partial charge is 0.341 e. The van der Waals surface area contributed by atoms with E-state index in [9.17, 15) is 115 Å². The molecule has 0 aliphatic carbocycles. The second kappa shape index (κ2) is 22.9. The molecule has 0 aliphatic heterocycles. The number of benzene rings is 7. The Morgan fingerprint density at radius 2 is 0.628 bits per heavy atom. The van der Waals surface area contributed by atoms with E-state index in [1.165, 1.54) is 0 Å². The summed E-state index contributed by atoms with van der Waals surface area (Å²) in [5, 5.41) is 2.05. The first-order valence-corrected chi connectivity index (χ1v) is 26.6. The number of nitrogens with zero attached hydrogens (tertiary/aromatic N) is 1. The van der Waals surface area contributed by atoms with Gasteiger partial charge in [0.05, 0.1) is 57.0 Å². The highest BCUT2D eigenvalue weighted by Gasteiger charge is 2.47. The van der Waals surface area contributed by atoms with Crippen LogP contribution in [0.1, 0.15) is 77.7 Å². The number of hydrogen-bond donors (Lipinski definition) is 0. The average Bonchev–Trinajstić information content (AvgIpc) is 0.813. The van der Waals surface area contributed by atoms with Crippen LogP contribution in [-0.4, -0.2) is 40.5 Å². The van der Waals surface area contributed by atoms with Gasteiger partial charge in [0.1, 0.15) is 6.15 Å². The molecule has 8 rings (SSSR count). The van der Waals surface area contributed by atoms with Gasteiger partial charge in [-0.3, -0.25) is 9.59 Å². The fourth-order valence-corrected chi connectivity index (χ4v) is 10.6. The Morgan fingerprint density at radius 3 is 0.884 bits per heavy atom. The molecule has 0 spiro atoms. The second-order valence-corrected chi connectivity index (χ2v) is 21.9. The minimum absolute atomic E-state index is 0.0122. The average molecular weight is 1270 g/mol. The van der Waals surface area contributed by atoms with Crippen molar-refractivity contribution in [2.75, 3.05) is 18.3 Å². The van der Waals surface area contributed by atoms with E-state index in [1.54, 1.807) is 0 Å². The predicted molar refractivity (Wildman–Crippen MR) is 273 cm³/mol. The van der Waals surface area contributed by atoms with Crippen LogP contribution in [-0.2, 0) is 66.9 Å². The third-order valence-corrected chi connectivity index (χ3v) is 14.5. The van der Waals surface area contributed by atoms with Crippen molar-refractivity contribution in [2.45, 2.75) is 62.9 Å². The molecular formula is C57H36BF24NO2S. The molecule has 458 valence electrons. The lowest BCUT2D eigenvalue weighted by Crippen LogP contribution is -2.75. The van der Waals surface area contributed by atoms with E-state index in [0.29, 0.717) is 16.9 Å². The molecule has 0 amide bonds. The lowest BCUT2D eigenvalue weighted by Gasteiger charge is -2.46. The third kappa shape index (κ3) is 14.0. The Kier molecular flexibility index (Phi) is 17.6. The first-order valence-electron chi connectivity index (χ1n) is 24.3. The zero-order chi connectivity index (χ0) is 64.5. The maximum atomic E-state index is 14.2. The van der Waals surface area contributed by atoms with Crippen molar-refractivity contribution in [1.82, 2.24) is 4.57 Å².